The molecule has 1 N–H and O–H groups in total. The Labute approximate surface area is 120 Å². The Bertz CT molecular complexity index is 192. The van der Waals surface area contributed by atoms with Crippen LogP contribution in [0.1, 0.15) is 96.8 Å². The van der Waals surface area contributed by atoms with Crippen molar-refractivity contribution < 1.29 is 4.79 Å². The van der Waals surface area contributed by atoms with Crippen LogP contribution < -0.4 is 5.32 Å². The maximum absolute atomic E-state index is 11.0. The van der Waals surface area contributed by atoms with Gasteiger partial charge in [-0.15, -0.1) is 0 Å². The molecule has 0 aliphatic carbocycles. The zero-order valence-corrected chi connectivity index (χ0v) is 13.3. The van der Waals surface area contributed by atoms with E-state index in [0.717, 1.165) is 6.42 Å². The minimum Gasteiger partial charge on any atom is -0.359 e. The topological polar surface area (TPSA) is 29.1 Å². The lowest BCUT2D eigenvalue weighted by Gasteiger charge is -2.03. The van der Waals surface area contributed by atoms with E-state index in [1.165, 1.54) is 77.0 Å². The third-order valence-corrected chi connectivity index (χ3v) is 3.79. The molecule has 0 atom stereocenters. The molecule has 0 fully saturated rings. The average molecular weight is 269 g/mol. The largest absolute Gasteiger partial charge is 0.359 e. The van der Waals surface area contributed by atoms with Crippen LogP contribution in [0.2, 0.25) is 0 Å². The highest BCUT2D eigenvalue weighted by Gasteiger charge is 1.97. The first-order valence-corrected chi connectivity index (χ1v) is 8.51. The standard InChI is InChI=1S/C17H35NO/c1-3-4-5-6-7-8-9-10-11-12-13-14-15-16-17(19)18-2/h3-16H2,1-2H3,(H,18,19). The van der Waals surface area contributed by atoms with Crippen molar-refractivity contribution in [3.8, 4) is 0 Å². The lowest BCUT2D eigenvalue weighted by Crippen LogP contribution is -2.16. The molecular formula is C17H35NO. The fourth-order valence-corrected chi connectivity index (χ4v) is 2.43. The van der Waals surface area contributed by atoms with Crippen LogP contribution in [0.5, 0.6) is 0 Å². The normalized spacial score (nSPS) is 10.6. The van der Waals surface area contributed by atoms with Gasteiger partial charge in [-0.2, -0.15) is 0 Å². The summed E-state index contributed by atoms with van der Waals surface area (Å²) in [6.07, 6.45) is 18.3. The first-order valence-electron chi connectivity index (χ1n) is 8.51. The predicted molar refractivity (Wildman–Crippen MR) is 84.4 cm³/mol. The zero-order chi connectivity index (χ0) is 14.2. The van der Waals surface area contributed by atoms with Crippen molar-refractivity contribution in [1.29, 1.82) is 0 Å². The molecule has 0 aromatic rings. The molecule has 0 unspecified atom stereocenters. The van der Waals surface area contributed by atoms with Crippen molar-refractivity contribution in [3.63, 3.8) is 0 Å². The van der Waals surface area contributed by atoms with Gasteiger partial charge >= 0.3 is 0 Å². The third-order valence-electron chi connectivity index (χ3n) is 3.79. The van der Waals surface area contributed by atoms with Crippen LogP contribution in [0.4, 0.5) is 0 Å². The van der Waals surface area contributed by atoms with E-state index in [1.807, 2.05) is 0 Å². The first-order chi connectivity index (χ1) is 9.31. The highest BCUT2D eigenvalue weighted by molar-refractivity contribution is 5.75. The van der Waals surface area contributed by atoms with E-state index in [-0.39, 0.29) is 5.91 Å². The van der Waals surface area contributed by atoms with Crippen LogP contribution in [-0.2, 0) is 4.79 Å². The second-order valence-corrected chi connectivity index (χ2v) is 5.67. The number of hydrogen-bond donors (Lipinski definition) is 1. The highest BCUT2D eigenvalue weighted by atomic mass is 16.1. The fraction of sp³-hybridized carbons (Fsp3) is 0.941. The molecule has 0 bridgehead atoms. The zero-order valence-electron chi connectivity index (χ0n) is 13.3. The van der Waals surface area contributed by atoms with Gasteiger partial charge in [0, 0.05) is 13.5 Å². The number of carbonyl (C=O) groups is 1. The van der Waals surface area contributed by atoms with Crippen molar-refractivity contribution in [2.75, 3.05) is 7.05 Å². The van der Waals surface area contributed by atoms with Crippen molar-refractivity contribution in [3.05, 3.63) is 0 Å². The lowest BCUT2D eigenvalue weighted by molar-refractivity contribution is -0.120. The van der Waals surface area contributed by atoms with E-state index in [4.69, 9.17) is 0 Å². The van der Waals surface area contributed by atoms with Gasteiger partial charge in [0.25, 0.3) is 0 Å². The van der Waals surface area contributed by atoms with Gasteiger partial charge in [-0.1, -0.05) is 84.0 Å². The van der Waals surface area contributed by atoms with E-state index < -0.39 is 0 Å². The van der Waals surface area contributed by atoms with E-state index in [2.05, 4.69) is 12.2 Å². The Morgan fingerprint density at radius 3 is 1.42 bits per heavy atom. The second kappa shape index (κ2) is 15.5. The molecule has 0 aliphatic rings. The Morgan fingerprint density at radius 2 is 1.05 bits per heavy atom. The SMILES string of the molecule is CCCCCCCCCCCCCCCC(=O)NC. The van der Waals surface area contributed by atoms with Crippen molar-refractivity contribution in [2.24, 2.45) is 0 Å². The number of unbranched alkanes of at least 4 members (excludes halogenated alkanes) is 12. The fourth-order valence-electron chi connectivity index (χ4n) is 2.43. The molecule has 0 radical (unpaired) electrons. The van der Waals surface area contributed by atoms with E-state index >= 15 is 0 Å². The number of nitrogens with one attached hydrogen (secondary N) is 1. The van der Waals surface area contributed by atoms with Crippen molar-refractivity contribution >= 4 is 5.91 Å². The van der Waals surface area contributed by atoms with E-state index in [1.54, 1.807) is 7.05 Å². The molecule has 0 heterocycles. The van der Waals surface area contributed by atoms with Gasteiger partial charge in [0.2, 0.25) is 5.91 Å². The molecule has 0 aromatic carbocycles. The number of amides is 1. The Kier molecular flexibility index (Phi) is 15.1. The third kappa shape index (κ3) is 15.4. The molecule has 0 saturated heterocycles. The van der Waals surface area contributed by atoms with Crippen LogP contribution in [0, 0.1) is 0 Å². The second-order valence-electron chi connectivity index (χ2n) is 5.67. The summed E-state index contributed by atoms with van der Waals surface area (Å²) in [6, 6.07) is 0. The smallest absolute Gasteiger partial charge is 0.219 e. The van der Waals surface area contributed by atoms with Gasteiger partial charge in [0.15, 0.2) is 0 Å². The summed E-state index contributed by atoms with van der Waals surface area (Å²) in [5.41, 5.74) is 0. The number of rotatable bonds is 14. The monoisotopic (exact) mass is 269 g/mol. The van der Waals surface area contributed by atoms with Gasteiger partial charge in [-0.25, -0.2) is 0 Å². The molecule has 0 aromatic heterocycles. The lowest BCUT2D eigenvalue weighted by atomic mass is 10.0. The van der Waals surface area contributed by atoms with E-state index in [0.29, 0.717) is 6.42 Å². The molecule has 114 valence electrons. The Hall–Kier alpha value is -0.530. The Morgan fingerprint density at radius 1 is 0.684 bits per heavy atom. The van der Waals surface area contributed by atoms with Crippen LogP contribution >= 0.6 is 0 Å². The number of carbonyl (C=O) groups excluding carboxylic acids is 1. The van der Waals surface area contributed by atoms with Gasteiger partial charge in [-0.3, -0.25) is 4.79 Å². The average Bonchev–Trinajstić information content (AvgIpc) is 2.43. The summed E-state index contributed by atoms with van der Waals surface area (Å²) in [5, 5.41) is 2.67. The number of hydrogen-bond acceptors (Lipinski definition) is 1. The molecule has 0 aliphatic heterocycles. The quantitative estimate of drug-likeness (QED) is 0.431. The molecule has 19 heavy (non-hydrogen) atoms. The summed E-state index contributed by atoms with van der Waals surface area (Å²) >= 11 is 0. The van der Waals surface area contributed by atoms with Crippen molar-refractivity contribution in [2.45, 2.75) is 96.8 Å². The van der Waals surface area contributed by atoms with Crippen LogP contribution in [0.3, 0.4) is 0 Å². The molecular weight excluding hydrogens is 234 g/mol. The predicted octanol–water partition coefficient (Wildman–Crippen LogP) is 5.21. The molecule has 1 amide bonds. The van der Waals surface area contributed by atoms with Crippen LogP contribution in [0.15, 0.2) is 0 Å². The first kappa shape index (κ1) is 18.5. The van der Waals surface area contributed by atoms with Gasteiger partial charge in [0.05, 0.1) is 0 Å². The Balaban J connectivity index is 2.97. The molecule has 0 spiro atoms. The minimum atomic E-state index is 0.183. The molecule has 0 rings (SSSR count). The summed E-state index contributed by atoms with van der Waals surface area (Å²) in [6.45, 7) is 2.27. The maximum Gasteiger partial charge on any atom is 0.219 e. The highest BCUT2D eigenvalue weighted by Crippen LogP contribution is 2.12. The summed E-state index contributed by atoms with van der Waals surface area (Å²) < 4.78 is 0. The minimum absolute atomic E-state index is 0.183. The van der Waals surface area contributed by atoms with Gasteiger partial charge < -0.3 is 5.32 Å². The van der Waals surface area contributed by atoms with Gasteiger partial charge in [-0.05, 0) is 6.42 Å². The maximum atomic E-state index is 11.0. The summed E-state index contributed by atoms with van der Waals surface area (Å²) in [7, 11) is 1.71. The van der Waals surface area contributed by atoms with Gasteiger partial charge in [0.1, 0.15) is 0 Å². The molecule has 2 nitrogen and oxygen atoms in total. The van der Waals surface area contributed by atoms with Crippen LogP contribution in [0.25, 0.3) is 0 Å². The molecule has 2 heteroatoms. The summed E-state index contributed by atoms with van der Waals surface area (Å²) in [4.78, 5) is 11.0. The van der Waals surface area contributed by atoms with Crippen molar-refractivity contribution in [1.82, 2.24) is 5.32 Å². The molecule has 0 saturated carbocycles. The van der Waals surface area contributed by atoms with E-state index in [9.17, 15) is 4.79 Å². The summed E-state index contributed by atoms with van der Waals surface area (Å²) in [5.74, 6) is 0.183. The van der Waals surface area contributed by atoms with Crippen LogP contribution in [-0.4, -0.2) is 13.0 Å².